The SMILES string of the molecule is C.C=C/C=C\C=C/CN(c1ccc(-c2cc(-c3ccccc3)cc(-c3ccc(C(=N)/C=C(/c4ccccc4)N(C)Cc4ccccc4)cc3)c2)cc1)c1cccc2ccccc12. The van der Waals surface area contributed by atoms with Gasteiger partial charge in [-0.15, -0.1) is 0 Å². The van der Waals surface area contributed by atoms with Crippen molar-refractivity contribution in [1.29, 1.82) is 5.41 Å². The van der Waals surface area contributed by atoms with Gasteiger partial charge in [0, 0.05) is 42.6 Å². The van der Waals surface area contributed by atoms with Gasteiger partial charge in [0.1, 0.15) is 0 Å². The van der Waals surface area contributed by atoms with Crippen LogP contribution in [0.5, 0.6) is 0 Å². The molecule has 0 atom stereocenters. The molecule has 8 aromatic carbocycles. The van der Waals surface area contributed by atoms with Gasteiger partial charge in [-0.3, -0.25) is 0 Å². The molecular formula is C59H53N3. The molecule has 0 heterocycles. The van der Waals surface area contributed by atoms with E-state index in [9.17, 15) is 5.41 Å². The molecule has 3 nitrogen and oxygen atoms in total. The summed E-state index contributed by atoms with van der Waals surface area (Å²) in [5.74, 6) is 0. The summed E-state index contributed by atoms with van der Waals surface area (Å²) in [4.78, 5) is 4.59. The molecule has 0 spiro atoms. The molecule has 0 aliphatic carbocycles. The van der Waals surface area contributed by atoms with Crippen molar-refractivity contribution < 1.29 is 0 Å². The Morgan fingerprint density at radius 1 is 0.532 bits per heavy atom. The first kappa shape index (κ1) is 42.4. The van der Waals surface area contributed by atoms with Gasteiger partial charge in [-0.05, 0) is 97.9 Å². The summed E-state index contributed by atoms with van der Waals surface area (Å²) in [6, 6.07) is 70.7. The van der Waals surface area contributed by atoms with Gasteiger partial charge in [-0.2, -0.15) is 0 Å². The second kappa shape index (κ2) is 20.5. The average Bonchev–Trinajstić information content (AvgIpc) is 3.32. The van der Waals surface area contributed by atoms with Crippen molar-refractivity contribution in [3.05, 3.63) is 260 Å². The lowest BCUT2D eigenvalue weighted by molar-refractivity contribution is 0.475. The Kier molecular flexibility index (Phi) is 14.0. The highest BCUT2D eigenvalue weighted by molar-refractivity contribution is 6.10. The summed E-state index contributed by atoms with van der Waals surface area (Å²) in [5.41, 5.74) is 13.7. The number of hydrogen-bond acceptors (Lipinski definition) is 3. The van der Waals surface area contributed by atoms with E-state index < -0.39 is 0 Å². The van der Waals surface area contributed by atoms with Crippen LogP contribution in [0.3, 0.4) is 0 Å². The normalized spacial score (nSPS) is 11.4. The maximum absolute atomic E-state index is 9.24. The molecule has 0 saturated carbocycles. The minimum absolute atomic E-state index is 0. The number of fused-ring (bicyclic) bond motifs is 1. The molecule has 8 rings (SSSR count). The molecule has 1 N–H and O–H groups in total. The van der Waals surface area contributed by atoms with Gasteiger partial charge in [0.15, 0.2) is 0 Å². The van der Waals surface area contributed by atoms with Gasteiger partial charge in [-0.1, -0.05) is 208 Å². The predicted octanol–water partition coefficient (Wildman–Crippen LogP) is 15.5. The average molecular weight is 804 g/mol. The minimum Gasteiger partial charge on any atom is -0.370 e. The summed E-state index contributed by atoms with van der Waals surface area (Å²) < 4.78 is 0. The Morgan fingerprint density at radius 2 is 1.08 bits per heavy atom. The van der Waals surface area contributed by atoms with E-state index in [0.717, 1.165) is 56.9 Å². The van der Waals surface area contributed by atoms with Crippen LogP contribution in [0.25, 0.3) is 49.9 Å². The second-order valence-corrected chi connectivity index (χ2v) is 15.1. The number of nitrogens with zero attached hydrogens (tertiary/aromatic N) is 2. The van der Waals surface area contributed by atoms with Crippen LogP contribution in [0.4, 0.5) is 11.4 Å². The van der Waals surface area contributed by atoms with E-state index in [-0.39, 0.29) is 7.43 Å². The van der Waals surface area contributed by atoms with Gasteiger partial charge >= 0.3 is 0 Å². The Bertz CT molecular complexity index is 2810. The molecule has 304 valence electrons. The maximum atomic E-state index is 9.24. The van der Waals surface area contributed by atoms with Gasteiger partial charge in [0.05, 0.1) is 5.71 Å². The second-order valence-electron chi connectivity index (χ2n) is 15.1. The largest absolute Gasteiger partial charge is 0.370 e. The number of hydrogen-bond donors (Lipinski definition) is 1. The summed E-state index contributed by atoms with van der Waals surface area (Å²) in [6.45, 7) is 5.25. The zero-order valence-corrected chi connectivity index (χ0v) is 34.5. The van der Waals surface area contributed by atoms with Crippen molar-refractivity contribution >= 4 is 33.6 Å². The molecule has 8 aromatic rings. The van der Waals surface area contributed by atoms with E-state index in [2.05, 4.69) is 224 Å². The summed E-state index contributed by atoms with van der Waals surface area (Å²) >= 11 is 0. The van der Waals surface area contributed by atoms with Gasteiger partial charge in [0.25, 0.3) is 0 Å². The van der Waals surface area contributed by atoms with Gasteiger partial charge < -0.3 is 15.2 Å². The third-order valence-corrected chi connectivity index (χ3v) is 10.9. The lowest BCUT2D eigenvalue weighted by atomic mass is 9.92. The molecule has 62 heavy (non-hydrogen) atoms. The van der Waals surface area contributed by atoms with Crippen LogP contribution in [0.2, 0.25) is 0 Å². The van der Waals surface area contributed by atoms with Gasteiger partial charge in [0.2, 0.25) is 0 Å². The van der Waals surface area contributed by atoms with E-state index >= 15 is 0 Å². The Balaban J connectivity index is 0.00000578. The zero-order chi connectivity index (χ0) is 41.8. The fraction of sp³-hybridized carbons (Fsp3) is 0.0678. The van der Waals surface area contributed by atoms with Crippen molar-refractivity contribution in [3.63, 3.8) is 0 Å². The van der Waals surface area contributed by atoms with Crippen molar-refractivity contribution in [3.8, 4) is 33.4 Å². The highest BCUT2D eigenvalue weighted by Crippen LogP contribution is 2.36. The maximum Gasteiger partial charge on any atom is 0.0633 e. The van der Waals surface area contributed by atoms with Crippen LogP contribution in [-0.4, -0.2) is 24.2 Å². The fourth-order valence-electron chi connectivity index (χ4n) is 7.79. The third kappa shape index (κ3) is 10.2. The number of allylic oxidation sites excluding steroid dienone is 5. The van der Waals surface area contributed by atoms with E-state index in [1.807, 2.05) is 30.4 Å². The van der Waals surface area contributed by atoms with Crippen molar-refractivity contribution in [2.24, 2.45) is 0 Å². The standard InChI is InChI=1S/C58H49N3.CH4/c1-3-4-5-6-18-38-61(57-29-19-27-48-24-16-17-28-55(48)57)54-36-34-47(35-37-54)53-40-51(45-22-12-8-13-23-45)39-52(41-53)46-30-32-49(33-31-46)56(59)42-58(50-25-14-9-15-26-50)60(2)43-44-20-10-7-11-21-44;/h3-37,39-42,59H,1,38,43H2,2H3;1H4/b5-4-,18-6-,58-42-,59-56?;. The highest BCUT2D eigenvalue weighted by atomic mass is 15.1. The summed E-state index contributed by atoms with van der Waals surface area (Å²) in [5, 5.41) is 11.7. The Hall–Kier alpha value is -7.75. The molecule has 0 aliphatic rings. The van der Waals surface area contributed by atoms with E-state index in [0.29, 0.717) is 12.3 Å². The molecular weight excluding hydrogens is 751 g/mol. The highest BCUT2D eigenvalue weighted by Gasteiger charge is 2.15. The minimum atomic E-state index is 0. The van der Waals surface area contributed by atoms with Crippen molar-refractivity contribution in [1.82, 2.24) is 4.90 Å². The molecule has 3 heteroatoms. The topological polar surface area (TPSA) is 30.3 Å². The van der Waals surface area contributed by atoms with E-state index in [1.165, 1.54) is 27.6 Å². The Morgan fingerprint density at radius 3 is 1.73 bits per heavy atom. The molecule has 0 unspecified atom stereocenters. The number of nitrogens with one attached hydrogen (secondary N) is 1. The van der Waals surface area contributed by atoms with E-state index in [4.69, 9.17) is 0 Å². The molecule has 0 aromatic heterocycles. The van der Waals surface area contributed by atoms with Crippen LogP contribution < -0.4 is 4.90 Å². The molecule has 0 fully saturated rings. The van der Waals surface area contributed by atoms with Crippen LogP contribution in [0, 0.1) is 5.41 Å². The number of rotatable bonds is 15. The first-order chi connectivity index (χ1) is 30.0. The molecule has 0 radical (unpaired) electrons. The Labute approximate surface area is 368 Å². The first-order valence-electron chi connectivity index (χ1n) is 20.8. The lowest BCUT2D eigenvalue weighted by Gasteiger charge is -2.25. The van der Waals surface area contributed by atoms with Crippen LogP contribution >= 0.6 is 0 Å². The third-order valence-electron chi connectivity index (χ3n) is 10.9. The molecule has 0 aliphatic heterocycles. The molecule has 0 saturated heterocycles. The van der Waals surface area contributed by atoms with Crippen LogP contribution in [0.1, 0.15) is 24.1 Å². The quantitative estimate of drug-likeness (QED) is 0.0826. The predicted molar refractivity (Wildman–Crippen MR) is 268 cm³/mol. The van der Waals surface area contributed by atoms with Crippen molar-refractivity contribution in [2.75, 3.05) is 18.5 Å². The molecule has 0 amide bonds. The van der Waals surface area contributed by atoms with Crippen LogP contribution in [0.15, 0.2) is 243 Å². The summed E-state index contributed by atoms with van der Waals surface area (Å²) in [6.07, 6.45) is 12.0. The molecule has 0 bridgehead atoms. The number of benzene rings is 8. The number of anilines is 2. The van der Waals surface area contributed by atoms with Gasteiger partial charge in [-0.25, -0.2) is 0 Å². The fourth-order valence-corrected chi connectivity index (χ4v) is 7.79. The van der Waals surface area contributed by atoms with Crippen molar-refractivity contribution in [2.45, 2.75) is 14.0 Å². The summed E-state index contributed by atoms with van der Waals surface area (Å²) in [7, 11) is 2.09. The van der Waals surface area contributed by atoms with Crippen LogP contribution in [-0.2, 0) is 6.54 Å². The lowest BCUT2D eigenvalue weighted by Crippen LogP contribution is -2.17. The monoisotopic (exact) mass is 803 g/mol. The zero-order valence-electron chi connectivity index (χ0n) is 34.5. The smallest absolute Gasteiger partial charge is 0.0633 e. The first-order valence-corrected chi connectivity index (χ1v) is 20.8. The van der Waals surface area contributed by atoms with E-state index in [1.54, 1.807) is 6.08 Å².